The maximum absolute atomic E-state index is 5.68. The highest BCUT2D eigenvalue weighted by Gasteiger charge is 2.25. The number of hydrogen-bond donors (Lipinski definition) is 0. The van der Waals surface area contributed by atoms with Gasteiger partial charge in [0.25, 0.3) is 0 Å². The van der Waals surface area contributed by atoms with Crippen LogP contribution < -0.4 is 0 Å². The molecule has 0 unspecified atom stereocenters. The third kappa shape index (κ3) is 3.18. The Kier molecular flexibility index (Phi) is 3.95. The van der Waals surface area contributed by atoms with Crippen molar-refractivity contribution in [2.45, 2.75) is 3.79 Å². The monoisotopic (exact) mass is 289 g/mol. The van der Waals surface area contributed by atoms with Gasteiger partial charge in [-0.25, -0.2) is 4.98 Å². The van der Waals surface area contributed by atoms with Gasteiger partial charge in [0.2, 0.25) is 3.79 Å². The predicted molar refractivity (Wildman–Crippen MR) is 63.6 cm³/mol. The molecule has 0 atom stereocenters. The highest BCUT2D eigenvalue weighted by molar-refractivity contribution is 6.72. The summed E-state index contributed by atoms with van der Waals surface area (Å²) in [4.78, 5) is 3.76. The molecule has 0 radical (unpaired) electrons. The molecule has 14 heavy (non-hydrogen) atoms. The molecule has 1 aromatic rings. The molecule has 0 saturated carbocycles. The van der Waals surface area contributed by atoms with Crippen LogP contribution in [0.3, 0.4) is 0 Å². The smallest absolute Gasteiger partial charge is 0.216 e. The molecule has 0 bridgehead atoms. The topological polar surface area (TPSA) is 12.9 Å². The minimum Gasteiger partial charge on any atom is -0.224 e. The van der Waals surface area contributed by atoms with Gasteiger partial charge in [0.1, 0.15) is 10.3 Å². The lowest BCUT2D eigenvalue weighted by Gasteiger charge is -2.14. The third-order valence-electron chi connectivity index (χ3n) is 1.45. The van der Waals surface area contributed by atoms with Crippen molar-refractivity contribution < 1.29 is 0 Å². The Labute approximate surface area is 107 Å². The molecule has 0 saturated heterocycles. The minimum atomic E-state index is -1.58. The summed E-state index contributed by atoms with van der Waals surface area (Å²) in [6.45, 7) is 3.64. The number of halogens is 5. The summed E-state index contributed by atoms with van der Waals surface area (Å²) in [6, 6.07) is 3.05. The quantitative estimate of drug-likeness (QED) is 0.536. The molecule has 0 aliphatic heterocycles. The maximum atomic E-state index is 5.68. The largest absolute Gasteiger partial charge is 0.224 e. The average Bonchev–Trinajstić information content (AvgIpc) is 1.99. The van der Waals surface area contributed by atoms with Crippen molar-refractivity contribution in [3.63, 3.8) is 0 Å². The zero-order valence-electron chi connectivity index (χ0n) is 6.70. The lowest BCUT2D eigenvalue weighted by Crippen LogP contribution is -2.04. The fraction of sp³-hybridized carbons (Fsp3) is 0.125. The first-order valence-electron chi connectivity index (χ1n) is 3.40. The van der Waals surface area contributed by atoms with Crippen molar-refractivity contribution >= 4 is 63.6 Å². The van der Waals surface area contributed by atoms with Crippen LogP contribution in [-0.4, -0.2) is 8.78 Å². The van der Waals surface area contributed by atoms with E-state index < -0.39 is 3.79 Å². The number of nitrogens with zero attached hydrogens (tertiary/aromatic N) is 1. The van der Waals surface area contributed by atoms with E-state index in [-0.39, 0.29) is 10.3 Å². The summed E-state index contributed by atoms with van der Waals surface area (Å²) in [5.41, 5.74) is 0.851. The van der Waals surface area contributed by atoms with Crippen molar-refractivity contribution in [1.29, 1.82) is 0 Å². The highest BCUT2D eigenvalue weighted by Crippen LogP contribution is 2.40. The fourth-order valence-corrected chi connectivity index (χ4v) is 1.59. The Balaban J connectivity index is 3.14. The lowest BCUT2D eigenvalue weighted by atomic mass is 10.1. The first-order chi connectivity index (χ1) is 6.30. The molecule has 0 N–H and O–H groups in total. The number of allylic oxidation sites excluding steroid dienone is 1. The first-order valence-corrected chi connectivity index (χ1v) is 5.29. The molecule has 0 aromatic carbocycles. The zero-order valence-corrected chi connectivity index (χ0v) is 10.5. The van der Waals surface area contributed by atoms with Gasteiger partial charge in [-0.3, -0.25) is 0 Å². The second kappa shape index (κ2) is 4.46. The summed E-state index contributed by atoms with van der Waals surface area (Å²) >= 11 is 28.3. The Morgan fingerprint density at radius 2 is 1.57 bits per heavy atom. The van der Waals surface area contributed by atoms with E-state index in [9.17, 15) is 0 Å². The van der Waals surface area contributed by atoms with E-state index in [1.807, 2.05) is 0 Å². The Morgan fingerprint density at radius 3 is 1.93 bits per heavy atom. The molecule has 0 aliphatic carbocycles. The molecule has 1 nitrogen and oxygen atoms in total. The van der Waals surface area contributed by atoms with E-state index in [2.05, 4.69) is 11.6 Å². The number of rotatable bonds is 1. The van der Waals surface area contributed by atoms with Crippen LogP contribution in [0.25, 0.3) is 5.57 Å². The van der Waals surface area contributed by atoms with Gasteiger partial charge in [-0.15, -0.1) is 0 Å². The van der Waals surface area contributed by atoms with Gasteiger partial charge in [0, 0.05) is 5.57 Å². The molecule has 0 aliphatic rings. The van der Waals surface area contributed by atoms with Crippen LogP contribution in [-0.2, 0) is 0 Å². The predicted octanol–water partition coefficient (Wildman–Crippen LogP) is 4.77. The standard InChI is InChI=1S/C8H4Cl5N/c1-4(8(11,12)13)5-2-6(9)14-7(10)3-5/h2-3H,1H2. The summed E-state index contributed by atoms with van der Waals surface area (Å²) < 4.78 is -1.58. The SMILES string of the molecule is C=C(c1cc(Cl)nc(Cl)c1)C(Cl)(Cl)Cl. The zero-order chi connectivity index (χ0) is 10.9. The van der Waals surface area contributed by atoms with Gasteiger partial charge in [-0.1, -0.05) is 64.6 Å². The molecule has 76 valence electrons. The minimum absolute atomic E-state index is 0.225. The molecule has 6 heteroatoms. The van der Waals surface area contributed by atoms with E-state index in [1.54, 1.807) is 0 Å². The number of hydrogen-bond acceptors (Lipinski definition) is 1. The Bertz CT molecular complexity index is 348. The van der Waals surface area contributed by atoms with Gasteiger partial charge in [-0.2, -0.15) is 0 Å². The molecule has 0 spiro atoms. The van der Waals surface area contributed by atoms with Gasteiger partial charge < -0.3 is 0 Å². The number of alkyl halides is 3. The molecule has 1 aromatic heterocycles. The van der Waals surface area contributed by atoms with Crippen LogP contribution >= 0.6 is 58.0 Å². The van der Waals surface area contributed by atoms with Crippen LogP contribution in [0.5, 0.6) is 0 Å². The maximum Gasteiger partial charge on any atom is 0.216 e. The highest BCUT2D eigenvalue weighted by atomic mass is 35.6. The summed E-state index contributed by atoms with van der Waals surface area (Å²) in [7, 11) is 0. The lowest BCUT2D eigenvalue weighted by molar-refractivity contribution is 1.30. The summed E-state index contributed by atoms with van der Waals surface area (Å²) in [5.74, 6) is 0. The van der Waals surface area contributed by atoms with Crippen LogP contribution in [0, 0.1) is 0 Å². The molecule has 1 rings (SSSR count). The van der Waals surface area contributed by atoms with E-state index in [0.29, 0.717) is 11.1 Å². The number of aromatic nitrogens is 1. The molecule has 0 fully saturated rings. The Morgan fingerprint density at radius 1 is 1.14 bits per heavy atom. The van der Waals surface area contributed by atoms with Crippen LogP contribution in [0.1, 0.15) is 5.56 Å². The van der Waals surface area contributed by atoms with Crippen LogP contribution in [0.15, 0.2) is 18.7 Å². The van der Waals surface area contributed by atoms with E-state index in [1.165, 1.54) is 12.1 Å². The van der Waals surface area contributed by atoms with Gasteiger partial charge in [-0.05, 0) is 17.7 Å². The van der Waals surface area contributed by atoms with Crippen LogP contribution in [0.4, 0.5) is 0 Å². The molecule has 0 amide bonds. The van der Waals surface area contributed by atoms with Crippen molar-refractivity contribution in [2.24, 2.45) is 0 Å². The normalized spacial score (nSPS) is 11.5. The molecule has 1 heterocycles. The second-order valence-corrected chi connectivity index (χ2v) is 5.53. The van der Waals surface area contributed by atoms with Crippen molar-refractivity contribution in [3.05, 3.63) is 34.6 Å². The first kappa shape index (κ1) is 12.4. The van der Waals surface area contributed by atoms with Crippen LogP contribution in [0.2, 0.25) is 10.3 Å². The van der Waals surface area contributed by atoms with Gasteiger partial charge >= 0.3 is 0 Å². The van der Waals surface area contributed by atoms with E-state index in [0.717, 1.165) is 0 Å². The van der Waals surface area contributed by atoms with E-state index in [4.69, 9.17) is 58.0 Å². The Hall–Kier alpha value is 0.340. The second-order valence-electron chi connectivity index (χ2n) is 2.48. The molecular formula is C8H4Cl5N. The summed E-state index contributed by atoms with van der Waals surface area (Å²) in [6.07, 6.45) is 0. The van der Waals surface area contributed by atoms with Crippen molar-refractivity contribution in [3.8, 4) is 0 Å². The molecular weight excluding hydrogens is 287 g/mol. The summed E-state index contributed by atoms with van der Waals surface area (Å²) in [5, 5.41) is 0.450. The third-order valence-corrected chi connectivity index (χ3v) is 2.53. The van der Waals surface area contributed by atoms with Gasteiger partial charge in [0.05, 0.1) is 0 Å². The number of pyridine rings is 1. The van der Waals surface area contributed by atoms with E-state index >= 15 is 0 Å². The average molecular weight is 291 g/mol. The van der Waals surface area contributed by atoms with Gasteiger partial charge in [0.15, 0.2) is 0 Å². The van der Waals surface area contributed by atoms with Crippen molar-refractivity contribution in [2.75, 3.05) is 0 Å². The fourth-order valence-electron chi connectivity index (χ4n) is 0.803. The van der Waals surface area contributed by atoms with Crippen molar-refractivity contribution in [1.82, 2.24) is 4.98 Å².